The van der Waals surface area contributed by atoms with E-state index in [2.05, 4.69) is 10.2 Å². The average Bonchev–Trinajstić information content (AvgIpc) is 2.78. The number of morpholine rings is 1. The van der Waals surface area contributed by atoms with Crippen molar-refractivity contribution in [3.05, 3.63) is 48.0 Å². The summed E-state index contributed by atoms with van der Waals surface area (Å²) in [5, 5.41) is 2.71. The second kappa shape index (κ2) is 9.79. The first-order valence-corrected chi connectivity index (χ1v) is 9.23. The molecule has 1 fully saturated rings. The number of nitrogens with zero attached hydrogens (tertiary/aromatic N) is 1. The van der Waals surface area contributed by atoms with E-state index >= 15 is 0 Å². The van der Waals surface area contributed by atoms with E-state index in [1.165, 1.54) is 14.2 Å². The second-order valence-electron chi connectivity index (χ2n) is 6.31. The van der Waals surface area contributed by atoms with E-state index in [1.807, 2.05) is 12.1 Å². The number of rotatable bonds is 7. The number of para-hydroxylation sites is 2. The van der Waals surface area contributed by atoms with Crippen LogP contribution in [0, 0.1) is 0 Å². The van der Waals surface area contributed by atoms with Crippen LogP contribution in [-0.2, 0) is 14.3 Å². The lowest BCUT2D eigenvalue weighted by Gasteiger charge is -2.29. The molecule has 1 heterocycles. The lowest BCUT2D eigenvalue weighted by atomic mass is 10.1. The topological polar surface area (TPSA) is 86.3 Å². The Balaban J connectivity index is 1.71. The monoisotopic (exact) mass is 400 g/mol. The molecule has 2 aromatic rings. The van der Waals surface area contributed by atoms with E-state index < -0.39 is 11.9 Å². The van der Waals surface area contributed by atoms with Crippen molar-refractivity contribution in [3.8, 4) is 11.5 Å². The summed E-state index contributed by atoms with van der Waals surface area (Å²) in [6.07, 6.45) is 0. The minimum Gasteiger partial charge on any atom is -0.493 e. The van der Waals surface area contributed by atoms with Crippen LogP contribution in [0.3, 0.4) is 0 Å². The highest BCUT2D eigenvalue weighted by Crippen LogP contribution is 2.27. The van der Waals surface area contributed by atoms with Gasteiger partial charge in [0, 0.05) is 18.8 Å². The number of hydrogen-bond acceptors (Lipinski definition) is 7. The number of carbonyl (C=O) groups excluding carboxylic acids is 2. The van der Waals surface area contributed by atoms with E-state index in [1.54, 1.807) is 30.3 Å². The van der Waals surface area contributed by atoms with Gasteiger partial charge in [-0.15, -0.1) is 0 Å². The largest absolute Gasteiger partial charge is 0.493 e. The van der Waals surface area contributed by atoms with E-state index in [9.17, 15) is 9.59 Å². The summed E-state index contributed by atoms with van der Waals surface area (Å²) in [5.41, 5.74) is 1.52. The molecule has 0 saturated carbocycles. The number of nitrogens with one attached hydrogen (secondary N) is 1. The number of ether oxygens (including phenoxy) is 4. The molecule has 1 aliphatic rings. The molecule has 3 rings (SSSR count). The van der Waals surface area contributed by atoms with Crippen LogP contribution in [0.25, 0.3) is 0 Å². The van der Waals surface area contributed by atoms with Crippen molar-refractivity contribution in [1.82, 2.24) is 0 Å². The molecule has 0 radical (unpaired) electrons. The summed E-state index contributed by atoms with van der Waals surface area (Å²) in [6.45, 7) is 2.50. The van der Waals surface area contributed by atoms with Gasteiger partial charge in [-0.05, 0) is 30.3 Å². The van der Waals surface area contributed by atoms with E-state index in [0.29, 0.717) is 30.4 Å². The Morgan fingerprint density at radius 2 is 1.79 bits per heavy atom. The molecule has 8 heteroatoms. The molecule has 29 heavy (non-hydrogen) atoms. The summed E-state index contributed by atoms with van der Waals surface area (Å²) in [6, 6.07) is 12.3. The third-order valence-electron chi connectivity index (χ3n) is 4.49. The van der Waals surface area contributed by atoms with Gasteiger partial charge in [0.15, 0.2) is 18.1 Å². The van der Waals surface area contributed by atoms with Crippen molar-refractivity contribution >= 4 is 23.3 Å². The number of hydrogen-bond donors (Lipinski definition) is 1. The van der Waals surface area contributed by atoms with Crippen molar-refractivity contribution in [2.45, 2.75) is 0 Å². The number of carbonyl (C=O) groups is 2. The quantitative estimate of drug-likeness (QED) is 0.714. The predicted molar refractivity (Wildman–Crippen MR) is 108 cm³/mol. The third kappa shape index (κ3) is 5.17. The van der Waals surface area contributed by atoms with Crippen LogP contribution in [0.2, 0.25) is 0 Å². The molecule has 0 bridgehead atoms. The van der Waals surface area contributed by atoms with Crippen LogP contribution in [0.15, 0.2) is 42.5 Å². The minimum atomic E-state index is -0.527. The van der Waals surface area contributed by atoms with Gasteiger partial charge < -0.3 is 29.2 Å². The molecule has 1 amide bonds. The summed E-state index contributed by atoms with van der Waals surface area (Å²) in [5.74, 6) is 0.0626. The Morgan fingerprint density at radius 3 is 2.48 bits per heavy atom. The van der Waals surface area contributed by atoms with E-state index in [-0.39, 0.29) is 12.2 Å². The van der Waals surface area contributed by atoms with Gasteiger partial charge in [0.25, 0.3) is 5.91 Å². The van der Waals surface area contributed by atoms with Gasteiger partial charge in [0.05, 0.1) is 38.7 Å². The highest BCUT2D eigenvalue weighted by molar-refractivity contribution is 6.02. The maximum absolute atomic E-state index is 12.4. The summed E-state index contributed by atoms with van der Waals surface area (Å²) < 4.78 is 21.0. The van der Waals surface area contributed by atoms with Gasteiger partial charge in [-0.25, -0.2) is 4.79 Å². The zero-order chi connectivity index (χ0) is 20.6. The molecule has 0 unspecified atom stereocenters. The van der Waals surface area contributed by atoms with Crippen molar-refractivity contribution in [2.24, 2.45) is 0 Å². The van der Waals surface area contributed by atoms with Gasteiger partial charge >= 0.3 is 5.97 Å². The molecule has 1 N–H and O–H groups in total. The standard InChI is InChI=1S/C21H24N2O6/c1-26-18-5-3-4-6-19(18)29-14-20(24)22-17-8-7-15(13-16(17)21(25)27-2)23-9-11-28-12-10-23/h3-8,13H,9-12,14H2,1-2H3,(H,22,24). The van der Waals surface area contributed by atoms with Crippen LogP contribution >= 0.6 is 0 Å². The van der Waals surface area contributed by atoms with E-state index in [0.717, 1.165) is 18.8 Å². The number of esters is 1. The Labute approximate surface area is 169 Å². The molecular formula is C21H24N2O6. The van der Waals surface area contributed by atoms with Gasteiger partial charge in [-0.1, -0.05) is 12.1 Å². The Morgan fingerprint density at radius 1 is 1.07 bits per heavy atom. The van der Waals surface area contributed by atoms with Gasteiger partial charge in [-0.3, -0.25) is 4.79 Å². The molecule has 2 aromatic carbocycles. The molecule has 8 nitrogen and oxygen atoms in total. The maximum Gasteiger partial charge on any atom is 0.340 e. The number of amides is 1. The smallest absolute Gasteiger partial charge is 0.340 e. The second-order valence-corrected chi connectivity index (χ2v) is 6.31. The predicted octanol–water partition coefficient (Wildman–Crippen LogP) is 2.34. The zero-order valence-corrected chi connectivity index (χ0v) is 16.5. The molecule has 1 aliphatic heterocycles. The SMILES string of the molecule is COC(=O)c1cc(N2CCOCC2)ccc1NC(=O)COc1ccccc1OC. The number of methoxy groups -OCH3 is 2. The zero-order valence-electron chi connectivity index (χ0n) is 16.5. The van der Waals surface area contributed by atoms with E-state index in [4.69, 9.17) is 18.9 Å². The van der Waals surface area contributed by atoms with Gasteiger partial charge in [0.2, 0.25) is 0 Å². The Kier molecular flexibility index (Phi) is 6.91. The fourth-order valence-corrected chi connectivity index (χ4v) is 3.01. The average molecular weight is 400 g/mol. The van der Waals surface area contributed by atoms with Crippen molar-refractivity contribution in [1.29, 1.82) is 0 Å². The molecule has 0 spiro atoms. The third-order valence-corrected chi connectivity index (χ3v) is 4.49. The Bertz CT molecular complexity index is 864. The molecule has 0 aliphatic carbocycles. The first-order valence-electron chi connectivity index (χ1n) is 9.23. The number of anilines is 2. The fraction of sp³-hybridized carbons (Fsp3) is 0.333. The van der Waals surface area contributed by atoms with Crippen molar-refractivity contribution in [2.75, 3.05) is 57.3 Å². The lowest BCUT2D eigenvalue weighted by Crippen LogP contribution is -2.36. The summed E-state index contributed by atoms with van der Waals surface area (Å²) >= 11 is 0. The normalized spacial score (nSPS) is 13.5. The van der Waals surface area contributed by atoms with Gasteiger partial charge in [0.1, 0.15) is 0 Å². The van der Waals surface area contributed by atoms with Gasteiger partial charge in [-0.2, -0.15) is 0 Å². The van der Waals surface area contributed by atoms with Crippen LogP contribution in [0.5, 0.6) is 11.5 Å². The molecule has 0 aromatic heterocycles. The molecule has 1 saturated heterocycles. The van der Waals surface area contributed by atoms with Crippen LogP contribution < -0.4 is 19.7 Å². The molecule has 0 atom stereocenters. The molecule has 154 valence electrons. The molecular weight excluding hydrogens is 376 g/mol. The van der Waals surface area contributed by atoms with Crippen molar-refractivity contribution < 1.29 is 28.5 Å². The first kappa shape index (κ1) is 20.5. The highest BCUT2D eigenvalue weighted by atomic mass is 16.5. The minimum absolute atomic E-state index is 0.230. The Hall–Kier alpha value is -3.26. The van der Waals surface area contributed by atoms with Crippen LogP contribution in [0.4, 0.5) is 11.4 Å². The summed E-state index contributed by atoms with van der Waals surface area (Å²) in [4.78, 5) is 26.7. The fourth-order valence-electron chi connectivity index (χ4n) is 3.01. The maximum atomic E-state index is 12.4. The summed E-state index contributed by atoms with van der Waals surface area (Å²) in [7, 11) is 2.83. The number of benzene rings is 2. The van der Waals surface area contributed by atoms with Crippen LogP contribution in [0.1, 0.15) is 10.4 Å². The first-order chi connectivity index (χ1) is 14.1. The lowest BCUT2D eigenvalue weighted by molar-refractivity contribution is -0.118. The van der Waals surface area contributed by atoms with Crippen LogP contribution in [-0.4, -0.2) is 59.0 Å². The highest BCUT2D eigenvalue weighted by Gasteiger charge is 2.19. The van der Waals surface area contributed by atoms with Crippen molar-refractivity contribution in [3.63, 3.8) is 0 Å².